The van der Waals surface area contributed by atoms with E-state index in [0.717, 1.165) is 35.7 Å². The Morgan fingerprint density at radius 2 is 1.77 bits per heavy atom. The van der Waals surface area contributed by atoms with Crippen LogP contribution >= 0.6 is 0 Å². The minimum absolute atomic E-state index is 0.0926. The molecule has 0 bridgehead atoms. The number of ether oxygens (including phenoxy) is 1. The van der Waals surface area contributed by atoms with Gasteiger partial charge in [-0.15, -0.1) is 0 Å². The summed E-state index contributed by atoms with van der Waals surface area (Å²) in [5, 5.41) is 11.5. The van der Waals surface area contributed by atoms with Gasteiger partial charge in [-0.05, 0) is 44.0 Å². The van der Waals surface area contributed by atoms with Crippen molar-refractivity contribution >= 4 is 33.5 Å². The lowest BCUT2D eigenvalue weighted by molar-refractivity contribution is -0.128. The summed E-state index contributed by atoms with van der Waals surface area (Å²) >= 11 is 0. The standard InChI is InChI=1S/C37H36N8O3/c1-3-31(46)44-22-21-43(23-27(44)18-19-38)35-32-33(40-37(41-35)48-24-28-15-10-20-42(28)2)36(47)45(34(39-32)26-12-5-4-6-13-26)30-17-9-14-25-11-7-8-16-29(25)30/h3-9,11-14,16-17,27-28H,1,10,15,18,20-24H2,2H3/t27-,28?/m0/s1. The fourth-order valence-electron chi connectivity index (χ4n) is 6.82. The van der Waals surface area contributed by atoms with E-state index in [1.54, 1.807) is 9.47 Å². The lowest BCUT2D eigenvalue weighted by atomic mass is 10.1. The molecule has 2 aliphatic heterocycles. The molecule has 2 atom stereocenters. The van der Waals surface area contributed by atoms with E-state index in [-0.39, 0.29) is 35.5 Å². The quantitative estimate of drug-likeness (QED) is 0.224. The zero-order chi connectivity index (χ0) is 33.2. The summed E-state index contributed by atoms with van der Waals surface area (Å²) in [6, 6.07) is 25.5. The Morgan fingerprint density at radius 1 is 0.979 bits per heavy atom. The van der Waals surface area contributed by atoms with E-state index in [9.17, 15) is 14.9 Å². The molecule has 48 heavy (non-hydrogen) atoms. The molecule has 1 unspecified atom stereocenters. The van der Waals surface area contributed by atoms with E-state index in [2.05, 4.69) is 24.6 Å². The first-order valence-corrected chi connectivity index (χ1v) is 16.2. The predicted molar refractivity (Wildman–Crippen MR) is 185 cm³/mol. The van der Waals surface area contributed by atoms with Crippen LogP contribution in [0, 0.1) is 11.3 Å². The van der Waals surface area contributed by atoms with Crippen molar-refractivity contribution in [3.8, 4) is 29.2 Å². The van der Waals surface area contributed by atoms with Gasteiger partial charge in [-0.25, -0.2) is 4.98 Å². The van der Waals surface area contributed by atoms with Gasteiger partial charge in [0.15, 0.2) is 11.3 Å². The number of fused-ring (bicyclic) bond motifs is 2. The highest BCUT2D eigenvalue weighted by molar-refractivity contribution is 5.93. The topological polar surface area (TPSA) is 120 Å². The molecule has 2 saturated heterocycles. The van der Waals surface area contributed by atoms with E-state index >= 15 is 0 Å². The predicted octanol–water partition coefficient (Wildman–Crippen LogP) is 4.59. The van der Waals surface area contributed by atoms with Crippen LogP contribution in [-0.4, -0.2) is 87.1 Å². The van der Waals surface area contributed by atoms with Crippen molar-refractivity contribution in [1.29, 1.82) is 5.26 Å². The Morgan fingerprint density at radius 3 is 2.54 bits per heavy atom. The van der Waals surface area contributed by atoms with Gasteiger partial charge in [-0.3, -0.25) is 14.2 Å². The van der Waals surface area contributed by atoms with Crippen LogP contribution in [0.5, 0.6) is 6.01 Å². The van der Waals surface area contributed by atoms with Gasteiger partial charge in [0.25, 0.3) is 5.56 Å². The number of benzene rings is 3. The normalized spacial score (nSPS) is 18.2. The van der Waals surface area contributed by atoms with E-state index < -0.39 is 6.04 Å². The highest BCUT2D eigenvalue weighted by Gasteiger charge is 2.33. The lowest BCUT2D eigenvalue weighted by Gasteiger charge is -2.40. The highest BCUT2D eigenvalue weighted by Crippen LogP contribution is 2.31. The number of anilines is 1. The third-order valence-corrected chi connectivity index (χ3v) is 9.36. The Labute approximate surface area is 278 Å². The monoisotopic (exact) mass is 640 g/mol. The Hall–Kier alpha value is -5.60. The van der Waals surface area contributed by atoms with Gasteiger partial charge in [0, 0.05) is 36.6 Å². The smallest absolute Gasteiger partial charge is 0.319 e. The van der Waals surface area contributed by atoms with Crippen LogP contribution in [0.25, 0.3) is 38.9 Å². The molecule has 1 amide bonds. The third-order valence-electron chi connectivity index (χ3n) is 9.36. The van der Waals surface area contributed by atoms with Gasteiger partial charge in [-0.1, -0.05) is 73.3 Å². The molecule has 242 valence electrons. The summed E-state index contributed by atoms with van der Waals surface area (Å²) in [6.07, 6.45) is 3.49. The zero-order valence-corrected chi connectivity index (χ0v) is 26.8. The molecule has 5 aromatic rings. The second-order valence-corrected chi connectivity index (χ2v) is 12.3. The van der Waals surface area contributed by atoms with Crippen LogP contribution in [-0.2, 0) is 4.79 Å². The first-order valence-electron chi connectivity index (χ1n) is 16.2. The molecule has 0 N–H and O–H groups in total. The number of likely N-dealkylation sites (N-methyl/N-ethyl adjacent to an activating group) is 1. The second kappa shape index (κ2) is 13.3. The number of piperazine rings is 1. The molecule has 2 fully saturated rings. The molecule has 11 heteroatoms. The summed E-state index contributed by atoms with van der Waals surface area (Å²) in [4.78, 5) is 48.2. The van der Waals surface area contributed by atoms with Gasteiger partial charge in [0.05, 0.1) is 24.2 Å². The minimum Gasteiger partial charge on any atom is -0.462 e. The van der Waals surface area contributed by atoms with Crippen molar-refractivity contribution in [3.05, 3.63) is 95.8 Å². The Kier molecular flexibility index (Phi) is 8.57. The van der Waals surface area contributed by atoms with E-state index in [1.807, 2.05) is 77.7 Å². The molecule has 0 radical (unpaired) electrons. The molecular formula is C37H36N8O3. The first kappa shape index (κ1) is 31.0. The fourth-order valence-corrected chi connectivity index (χ4v) is 6.82. The number of carbonyl (C=O) groups excluding carboxylic acids is 1. The largest absolute Gasteiger partial charge is 0.462 e. The van der Waals surface area contributed by atoms with Crippen LogP contribution in [0.4, 0.5) is 5.82 Å². The van der Waals surface area contributed by atoms with Crippen LogP contribution in [0.2, 0.25) is 0 Å². The maximum atomic E-state index is 14.9. The first-order chi connectivity index (χ1) is 23.5. The van der Waals surface area contributed by atoms with Crippen molar-refractivity contribution in [2.24, 2.45) is 0 Å². The van der Waals surface area contributed by atoms with Gasteiger partial charge in [0.1, 0.15) is 17.9 Å². The summed E-state index contributed by atoms with van der Waals surface area (Å²) < 4.78 is 7.87. The summed E-state index contributed by atoms with van der Waals surface area (Å²) in [5.74, 6) is 0.655. The molecule has 0 aliphatic carbocycles. The van der Waals surface area contributed by atoms with E-state index in [1.165, 1.54) is 6.08 Å². The number of likely N-dealkylation sites (tertiary alicyclic amines) is 1. The van der Waals surface area contributed by atoms with Crippen LogP contribution in [0.1, 0.15) is 19.3 Å². The number of nitrogens with zero attached hydrogens (tertiary/aromatic N) is 8. The van der Waals surface area contributed by atoms with E-state index in [0.29, 0.717) is 49.1 Å². The van der Waals surface area contributed by atoms with Crippen LogP contribution in [0.3, 0.4) is 0 Å². The number of aromatic nitrogens is 4. The van der Waals surface area contributed by atoms with Crippen molar-refractivity contribution in [3.63, 3.8) is 0 Å². The SMILES string of the molecule is C=CC(=O)N1CCN(c2nc(OCC3CCCN3C)nc3c(=O)n(-c4cccc5ccccc45)c(-c4ccccc4)nc23)C[C@@H]1CC#N. The number of rotatable bonds is 8. The second-order valence-electron chi connectivity index (χ2n) is 12.3. The van der Waals surface area contributed by atoms with E-state index in [4.69, 9.17) is 19.7 Å². The molecule has 11 nitrogen and oxygen atoms in total. The van der Waals surface area contributed by atoms with Crippen molar-refractivity contribution in [2.75, 3.05) is 44.7 Å². The molecule has 7 rings (SSSR count). The van der Waals surface area contributed by atoms with Crippen molar-refractivity contribution in [2.45, 2.75) is 31.3 Å². The van der Waals surface area contributed by atoms with Crippen molar-refractivity contribution < 1.29 is 9.53 Å². The summed E-state index contributed by atoms with van der Waals surface area (Å²) in [7, 11) is 2.07. The molecular weight excluding hydrogens is 604 g/mol. The highest BCUT2D eigenvalue weighted by atomic mass is 16.5. The Bertz CT molecular complexity index is 2100. The van der Waals surface area contributed by atoms with Gasteiger partial charge >= 0.3 is 6.01 Å². The average molecular weight is 641 g/mol. The van der Waals surface area contributed by atoms with Crippen molar-refractivity contribution in [1.82, 2.24) is 29.3 Å². The van der Waals surface area contributed by atoms with Gasteiger partial charge < -0.3 is 19.4 Å². The molecule has 0 spiro atoms. The molecule has 2 aromatic heterocycles. The number of hydrogen-bond donors (Lipinski definition) is 0. The molecule has 3 aromatic carbocycles. The number of carbonyl (C=O) groups is 1. The summed E-state index contributed by atoms with van der Waals surface area (Å²) in [5.41, 5.74) is 1.55. The third kappa shape index (κ3) is 5.75. The maximum Gasteiger partial charge on any atom is 0.319 e. The molecule has 4 heterocycles. The Balaban J connectivity index is 1.45. The van der Waals surface area contributed by atoms with Crippen LogP contribution in [0.15, 0.2) is 90.2 Å². The average Bonchev–Trinajstić information content (AvgIpc) is 3.54. The number of amides is 1. The maximum absolute atomic E-state index is 14.9. The fraction of sp³-hybridized carbons (Fsp3) is 0.297. The number of hydrogen-bond acceptors (Lipinski definition) is 9. The van der Waals surface area contributed by atoms with Crippen LogP contribution < -0.4 is 15.2 Å². The minimum atomic E-state index is -0.402. The summed E-state index contributed by atoms with van der Waals surface area (Å²) in [6.45, 7) is 6.10. The van der Waals surface area contributed by atoms with Gasteiger partial charge in [-0.2, -0.15) is 15.2 Å². The lowest BCUT2D eigenvalue weighted by Crippen LogP contribution is -2.55. The zero-order valence-electron chi connectivity index (χ0n) is 26.8. The van der Waals surface area contributed by atoms with Gasteiger partial charge in [0.2, 0.25) is 5.91 Å². The molecule has 2 aliphatic rings. The number of nitriles is 1. The molecule has 0 saturated carbocycles.